The summed E-state index contributed by atoms with van der Waals surface area (Å²) < 4.78 is 31.6. The summed E-state index contributed by atoms with van der Waals surface area (Å²) in [5.41, 5.74) is -0.639. The zero-order valence-corrected chi connectivity index (χ0v) is 10.7. The predicted octanol–water partition coefficient (Wildman–Crippen LogP) is 2.03. The second-order valence-corrected chi connectivity index (χ2v) is 3.78. The molecular formula is C13H13F2NO3. The number of aliphatic imine (C=N–C) groups is 1. The summed E-state index contributed by atoms with van der Waals surface area (Å²) in [5, 5.41) is 0. The van der Waals surface area contributed by atoms with E-state index in [2.05, 4.69) is 9.73 Å². The van der Waals surface area contributed by atoms with Gasteiger partial charge in [-0.15, -0.1) is 0 Å². The molecular weight excluding hydrogens is 256 g/mol. The van der Waals surface area contributed by atoms with Crippen LogP contribution in [-0.2, 0) is 9.53 Å². The van der Waals surface area contributed by atoms with E-state index in [1.54, 1.807) is 0 Å². The first-order chi connectivity index (χ1) is 8.93. The number of carbonyl (C=O) groups excluding carboxylic acids is 2. The molecule has 0 N–H and O–H groups in total. The van der Waals surface area contributed by atoms with Crippen molar-refractivity contribution in [3.63, 3.8) is 0 Å². The van der Waals surface area contributed by atoms with Crippen LogP contribution in [0.15, 0.2) is 23.2 Å². The Bertz CT molecular complexity index is 520. The first-order valence-electron chi connectivity index (χ1n) is 5.43. The molecule has 1 aromatic rings. The first-order valence-corrected chi connectivity index (χ1v) is 5.43. The summed E-state index contributed by atoms with van der Waals surface area (Å²) in [4.78, 5) is 27.4. The molecule has 0 amide bonds. The summed E-state index contributed by atoms with van der Waals surface area (Å²) in [6, 6.07) is 3.03. The number of benzene rings is 1. The molecule has 0 radical (unpaired) electrons. The molecule has 0 saturated heterocycles. The third kappa shape index (κ3) is 3.01. The Hall–Kier alpha value is -2.11. The molecule has 0 heterocycles. The molecule has 1 atom stereocenters. The second-order valence-electron chi connectivity index (χ2n) is 3.78. The molecule has 6 heteroatoms. The smallest absolute Gasteiger partial charge is 0.322 e. The van der Waals surface area contributed by atoms with Gasteiger partial charge in [-0.05, 0) is 19.1 Å². The maximum atomic E-state index is 13.5. The minimum Gasteiger partial charge on any atom is -0.468 e. The molecule has 0 spiro atoms. The largest absolute Gasteiger partial charge is 0.468 e. The summed E-state index contributed by atoms with van der Waals surface area (Å²) in [5.74, 6) is -5.41. The number of hydrogen-bond acceptors (Lipinski definition) is 4. The molecule has 4 nitrogen and oxygen atoms in total. The number of rotatable bonds is 4. The van der Waals surface area contributed by atoms with Crippen LogP contribution in [0.25, 0.3) is 0 Å². The van der Waals surface area contributed by atoms with Gasteiger partial charge in [-0.1, -0.05) is 6.07 Å². The van der Waals surface area contributed by atoms with E-state index in [4.69, 9.17) is 0 Å². The summed E-state index contributed by atoms with van der Waals surface area (Å²) in [6.45, 7) is 1.41. The molecule has 1 unspecified atom stereocenters. The van der Waals surface area contributed by atoms with Crippen molar-refractivity contribution in [3.8, 4) is 0 Å². The van der Waals surface area contributed by atoms with Gasteiger partial charge in [0.15, 0.2) is 11.7 Å². The highest BCUT2D eigenvalue weighted by molar-refractivity contribution is 6.23. The number of hydrogen-bond donors (Lipinski definition) is 0. The Morgan fingerprint density at radius 2 is 1.79 bits per heavy atom. The summed E-state index contributed by atoms with van der Waals surface area (Å²) >= 11 is 0. The van der Waals surface area contributed by atoms with Gasteiger partial charge < -0.3 is 4.74 Å². The van der Waals surface area contributed by atoms with Crippen LogP contribution in [0, 0.1) is 17.6 Å². The molecule has 0 bridgehead atoms. The monoisotopic (exact) mass is 269 g/mol. The van der Waals surface area contributed by atoms with Gasteiger partial charge in [0, 0.05) is 12.8 Å². The van der Waals surface area contributed by atoms with Crippen molar-refractivity contribution in [1.82, 2.24) is 0 Å². The van der Waals surface area contributed by atoms with E-state index in [1.165, 1.54) is 14.0 Å². The Morgan fingerprint density at radius 3 is 2.21 bits per heavy atom. The molecule has 0 aliphatic carbocycles. The van der Waals surface area contributed by atoms with Gasteiger partial charge in [-0.2, -0.15) is 0 Å². The summed E-state index contributed by atoms with van der Waals surface area (Å²) in [7, 11) is 2.46. The van der Waals surface area contributed by atoms with Crippen molar-refractivity contribution in [1.29, 1.82) is 0 Å². The third-order valence-electron chi connectivity index (χ3n) is 2.68. The number of ketones is 1. The highest BCUT2D eigenvalue weighted by Gasteiger charge is 2.34. The number of Topliss-reactive ketones (excluding diaryl/α,β-unsaturated/α-hetero) is 1. The van der Waals surface area contributed by atoms with Gasteiger partial charge in [0.25, 0.3) is 0 Å². The molecule has 0 aliphatic rings. The van der Waals surface area contributed by atoms with Crippen molar-refractivity contribution in [2.45, 2.75) is 6.92 Å². The van der Waals surface area contributed by atoms with E-state index in [0.717, 1.165) is 25.3 Å². The lowest BCUT2D eigenvalue weighted by molar-refractivity contribution is -0.141. The third-order valence-corrected chi connectivity index (χ3v) is 2.68. The van der Waals surface area contributed by atoms with E-state index >= 15 is 0 Å². The molecule has 0 aromatic heterocycles. The number of methoxy groups -OCH3 is 1. The zero-order chi connectivity index (χ0) is 14.6. The van der Waals surface area contributed by atoms with Gasteiger partial charge in [0.05, 0.1) is 12.7 Å². The van der Waals surface area contributed by atoms with Gasteiger partial charge >= 0.3 is 5.97 Å². The topological polar surface area (TPSA) is 55.7 Å². The highest BCUT2D eigenvalue weighted by atomic mass is 19.1. The lowest BCUT2D eigenvalue weighted by Crippen LogP contribution is -2.32. The SMILES string of the molecule is CN=C(C)C(C(=O)OC)C(=O)c1c(F)cccc1F. The van der Waals surface area contributed by atoms with E-state index in [0.29, 0.717) is 0 Å². The molecule has 0 aliphatic heterocycles. The Balaban J connectivity index is 3.32. The lowest BCUT2D eigenvalue weighted by Gasteiger charge is -2.14. The van der Waals surface area contributed by atoms with Crippen molar-refractivity contribution in [2.75, 3.05) is 14.2 Å². The van der Waals surface area contributed by atoms with E-state index in [9.17, 15) is 18.4 Å². The average Bonchev–Trinajstić information content (AvgIpc) is 2.38. The maximum absolute atomic E-state index is 13.5. The number of halogens is 2. The van der Waals surface area contributed by atoms with Gasteiger partial charge in [-0.3, -0.25) is 14.6 Å². The van der Waals surface area contributed by atoms with Gasteiger partial charge in [0.2, 0.25) is 0 Å². The fourth-order valence-electron chi connectivity index (χ4n) is 1.59. The van der Waals surface area contributed by atoms with E-state index < -0.39 is 34.9 Å². The standard InChI is InChI=1S/C13H13F2NO3/c1-7(16-2)10(13(18)19-3)12(17)11-8(14)5-4-6-9(11)15/h4-6,10H,1-3H3. The molecule has 1 rings (SSSR count). The van der Waals surface area contributed by atoms with Crippen molar-refractivity contribution in [2.24, 2.45) is 10.9 Å². The maximum Gasteiger partial charge on any atom is 0.322 e. The molecule has 19 heavy (non-hydrogen) atoms. The molecule has 0 fully saturated rings. The zero-order valence-electron chi connectivity index (χ0n) is 10.7. The average molecular weight is 269 g/mol. The second kappa shape index (κ2) is 6.17. The fourth-order valence-corrected chi connectivity index (χ4v) is 1.59. The van der Waals surface area contributed by atoms with Gasteiger partial charge in [0.1, 0.15) is 11.6 Å². The first kappa shape index (κ1) is 14.9. The Kier molecular flexibility index (Phi) is 4.86. The van der Waals surface area contributed by atoms with Crippen LogP contribution in [0.5, 0.6) is 0 Å². The number of esters is 1. The fraction of sp³-hybridized carbons (Fsp3) is 0.308. The van der Waals surface area contributed by atoms with Crippen LogP contribution < -0.4 is 0 Å². The highest BCUT2D eigenvalue weighted by Crippen LogP contribution is 2.19. The minimum atomic E-state index is -1.44. The van der Waals surface area contributed by atoms with E-state index in [1.807, 2.05) is 0 Å². The van der Waals surface area contributed by atoms with Crippen LogP contribution in [0.2, 0.25) is 0 Å². The van der Waals surface area contributed by atoms with Crippen LogP contribution in [0.4, 0.5) is 8.78 Å². The molecule has 1 aromatic carbocycles. The van der Waals surface area contributed by atoms with Crippen molar-refractivity contribution in [3.05, 3.63) is 35.4 Å². The molecule has 102 valence electrons. The summed E-state index contributed by atoms with van der Waals surface area (Å²) in [6.07, 6.45) is 0. The Morgan fingerprint density at radius 1 is 1.26 bits per heavy atom. The van der Waals surface area contributed by atoms with Crippen LogP contribution in [-0.4, -0.2) is 31.6 Å². The number of ether oxygens (including phenoxy) is 1. The quantitative estimate of drug-likeness (QED) is 0.364. The van der Waals surface area contributed by atoms with Gasteiger partial charge in [-0.25, -0.2) is 8.78 Å². The molecule has 0 saturated carbocycles. The normalized spacial score (nSPS) is 13.0. The van der Waals surface area contributed by atoms with Crippen molar-refractivity contribution >= 4 is 17.5 Å². The predicted molar refractivity (Wildman–Crippen MR) is 65.2 cm³/mol. The lowest BCUT2D eigenvalue weighted by atomic mass is 9.93. The van der Waals surface area contributed by atoms with Crippen LogP contribution >= 0.6 is 0 Å². The van der Waals surface area contributed by atoms with E-state index in [-0.39, 0.29) is 5.71 Å². The van der Waals surface area contributed by atoms with Crippen LogP contribution in [0.3, 0.4) is 0 Å². The minimum absolute atomic E-state index is 0.125. The number of carbonyl (C=O) groups is 2. The van der Waals surface area contributed by atoms with Crippen molar-refractivity contribution < 1.29 is 23.1 Å². The number of nitrogens with zero attached hydrogens (tertiary/aromatic N) is 1. The van der Waals surface area contributed by atoms with Crippen LogP contribution in [0.1, 0.15) is 17.3 Å². The Labute approximate surface area is 109 Å².